The highest BCUT2D eigenvalue weighted by atomic mass is 14.9. The van der Waals surface area contributed by atoms with Crippen LogP contribution in [0.3, 0.4) is 0 Å². The minimum absolute atomic E-state index is 0.286. The Bertz CT molecular complexity index is 609. The molecule has 1 aromatic heterocycles. The number of dihydropyridines is 1. The van der Waals surface area contributed by atoms with E-state index in [9.17, 15) is 5.26 Å². The molecule has 4 nitrogen and oxygen atoms in total. The molecule has 0 unspecified atom stereocenters. The van der Waals surface area contributed by atoms with E-state index in [0.717, 1.165) is 5.70 Å². The molecule has 0 bridgehead atoms. The highest BCUT2D eigenvalue weighted by Gasteiger charge is 2.11. The van der Waals surface area contributed by atoms with Crippen LogP contribution < -0.4 is 5.32 Å². The fraction of sp³-hybridized carbons (Fsp3) is 0.0714. The average molecular weight is 234 g/mol. The molecule has 1 aromatic rings. The lowest BCUT2D eigenvalue weighted by molar-refractivity contribution is 0.947. The van der Waals surface area contributed by atoms with Crippen LogP contribution in [0.25, 0.3) is 5.57 Å². The first kappa shape index (κ1) is 11.6. The van der Waals surface area contributed by atoms with E-state index < -0.39 is 0 Å². The molecule has 0 spiro atoms. The van der Waals surface area contributed by atoms with Crippen LogP contribution in [0.2, 0.25) is 0 Å². The molecule has 0 saturated heterocycles. The van der Waals surface area contributed by atoms with E-state index in [-0.39, 0.29) is 6.42 Å². The summed E-state index contributed by atoms with van der Waals surface area (Å²) >= 11 is 0. The van der Waals surface area contributed by atoms with Crippen molar-refractivity contribution in [1.29, 1.82) is 10.5 Å². The summed E-state index contributed by atoms with van der Waals surface area (Å²) in [5, 5.41) is 21.0. The Balaban J connectivity index is 2.37. The van der Waals surface area contributed by atoms with Gasteiger partial charge in [-0.05, 0) is 24.3 Å². The first-order valence-corrected chi connectivity index (χ1v) is 5.42. The lowest BCUT2D eigenvalue weighted by Gasteiger charge is -2.14. The molecule has 0 aromatic carbocycles. The Hall–Kier alpha value is -2.85. The van der Waals surface area contributed by atoms with Gasteiger partial charge in [-0.15, -0.1) is 0 Å². The maximum atomic E-state index is 9.24. The van der Waals surface area contributed by atoms with Crippen molar-refractivity contribution < 1.29 is 0 Å². The van der Waals surface area contributed by atoms with Gasteiger partial charge in [-0.3, -0.25) is 4.98 Å². The lowest BCUT2D eigenvalue weighted by Crippen LogP contribution is -2.15. The van der Waals surface area contributed by atoms with Crippen LogP contribution in [0.1, 0.15) is 12.1 Å². The predicted molar refractivity (Wildman–Crippen MR) is 67.4 cm³/mol. The normalized spacial score (nSPS) is 16.0. The van der Waals surface area contributed by atoms with Crippen molar-refractivity contribution in [2.45, 2.75) is 6.42 Å². The number of allylic oxidation sites excluding steroid dienone is 5. The Morgan fingerprint density at radius 3 is 2.89 bits per heavy atom. The third-order valence-electron chi connectivity index (χ3n) is 2.43. The van der Waals surface area contributed by atoms with E-state index in [2.05, 4.69) is 22.4 Å². The minimum Gasteiger partial charge on any atom is -0.357 e. The van der Waals surface area contributed by atoms with Gasteiger partial charge in [0.1, 0.15) is 11.6 Å². The zero-order valence-corrected chi connectivity index (χ0v) is 9.59. The summed E-state index contributed by atoms with van der Waals surface area (Å²) in [6.45, 7) is 0. The minimum atomic E-state index is 0.286. The average Bonchev–Trinajstić information content (AvgIpc) is 2.42. The van der Waals surface area contributed by atoms with Crippen molar-refractivity contribution in [3.05, 3.63) is 59.7 Å². The molecule has 86 valence electrons. The number of nitrogens with one attached hydrogen (secondary N) is 1. The quantitative estimate of drug-likeness (QED) is 0.797. The van der Waals surface area contributed by atoms with Gasteiger partial charge in [-0.25, -0.2) is 0 Å². The number of pyridine rings is 1. The van der Waals surface area contributed by atoms with Crippen molar-refractivity contribution in [2.75, 3.05) is 0 Å². The zero-order valence-electron chi connectivity index (χ0n) is 9.59. The van der Waals surface area contributed by atoms with E-state index in [1.165, 1.54) is 0 Å². The van der Waals surface area contributed by atoms with Crippen LogP contribution in [0.4, 0.5) is 0 Å². The predicted octanol–water partition coefficient (Wildman–Crippen LogP) is 2.27. The fourth-order valence-corrected chi connectivity index (χ4v) is 1.62. The second-order valence-corrected chi connectivity index (χ2v) is 3.63. The maximum Gasteiger partial charge on any atom is 0.104 e. The molecule has 4 heteroatoms. The van der Waals surface area contributed by atoms with Gasteiger partial charge in [-0.1, -0.05) is 12.1 Å². The molecule has 0 aliphatic carbocycles. The second kappa shape index (κ2) is 5.47. The Morgan fingerprint density at radius 2 is 2.22 bits per heavy atom. The van der Waals surface area contributed by atoms with Crippen molar-refractivity contribution >= 4 is 5.57 Å². The van der Waals surface area contributed by atoms with E-state index in [1.54, 1.807) is 24.4 Å². The van der Waals surface area contributed by atoms with Crippen LogP contribution in [-0.4, -0.2) is 4.98 Å². The lowest BCUT2D eigenvalue weighted by atomic mass is 10.1. The molecule has 2 rings (SSSR count). The summed E-state index contributed by atoms with van der Waals surface area (Å²) < 4.78 is 0. The highest BCUT2D eigenvalue weighted by Crippen LogP contribution is 2.19. The largest absolute Gasteiger partial charge is 0.357 e. The molecular formula is C14H10N4. The molecule has 18 heavy (non-hydrogen) atoms. The summed E-state index contributed by atoms with van der Waals surface area (Å²) in [5.41, 5.74) is 2.53. The van der Waals surface area contributed by atoms with Gasteiger partial charge in [0.25, 0.3) is 0 Å². The van der Waals surface area contributed by atoms with Crippen molar-refractivity contribution in [2.24, 2.45) is 0 Å². The van der Waals surface area contributed by atoms with Crippen LogP contribution in [-0.2, 0) is 0 Å². The van der Waals surface area contributed by atoms with Gasteiger partial charge < -0.3 is 5.32 Å². The third-order valence-corrected chi connectivity index (χ3v) is 2.43. The van der Waals surface area contributed by atoms with Gasteiger partial charge in [0, 0.05) is 11.9 Å². The molecule has 0 radical (unpaired) electrons. The molecule has 0 atom stereocenters. The molecule has 2 heterocycles. The van der Waals surface area contributed by atoms with Gasteiger partial charge in [-0.2, -0.15) is 10.5 Å². The van der Waals surface area contributed by atoms with Gasteiger partial charge >= 0.3 is 0 Å². The van der Waals surface area contributed by atoms with Crippen LogP contribution in [0.15, 0.2) is 54.0 Å². The van der Waals surface area contributed by atoms with Gasteiger partial charge in [0.2, 0.25) is 0 Å². The summed E-state index contributed by atoms with van der Waals surface area (Å²) in [6, 6.07) is 9.63. The number of hydrogen-bond donors (Lipinski definition) is 1. The number of nitrogens with zero attached hydrogens (tertiary/aromatic N) is 3. The SMILES string of the molecule is N#CCC1=CC=C/C(=C(/C#N)c2ccccn2)N1. The Kier molecular flexibility index (Phi) is 3.53. The maximum absolute atomic E-state index is 9.24. The number of aromatic nitrogens is 1. The Morgan fingerprint density at radius 1 is 1.33 bits per heavy atom. The molecule has 1 N–H and O–H groups in total. The number of nitriles is 2. The smallest absolute Gasteiger partial charge is 0.104 e. The highest BCUT2D eigenvalue weighted by molar-refractivity contribution is 5.79. The second-order valence-electron chi connectivity index (χ2n) is 3.63. The summed E-state index contributed by atoms with van der Waals surface area (Å²) in [7, 11) is 0. The van der Waals surface area contributed by atoms with E-state index in [0.29, 0.717) is 17.0 Å². The molecule has 1 aliphatic rings. The van der Waals surface area contributed by atoms with Crippen LogP contribution in [0, 0.1) is 22.7 Å². The van der Waals surface area contributed by atoms with E-state index >= 15 is 0 Å². The van der Waals surface area contributed by atoms with E-state index in [1.807, 2.05) is 18.2 Å². The standard InChI is InChI=1S/C14H10N4/c15-8-7-11-4-3-6-14(18-11)12(10-16)13-5-1-2-9-17-13/h1-6,9,18H,7H2/b14-12+. The molecular weight excluding hydrogens is 224 g/mol. The van der Waals surface area contributed by atoms with Gasteiger partial charge in [0.05, 0.1) is 23.9 Å². The Labute approximate surface area is 105 Å². The molecule has 0 fully saturated rings. The summed E-state index contributed by atoms with van der Waals surface area (Å²) in [4.78, 5) is 4.16. The summed E-state index contributed by atoms with van der Waals surface area (Å²) in [6.07, 6.45) is 7.37. The van der Waals surface area contributed by atoms with Crippen molar-refractivity contribution in [1.82, 2.24) is 10.3 Å². The van der Waals surface area contributed by atoms with Gasteiger partial charge in [0.15, 0.2) is 0 Å². The summed E-state index contributed by atoms with van der Waals surface area (Å²) in [5.74, 6) is 0. The fourth-order valence-electron chi connectivity index (χ4n) is 1.62. The topological polar surface area (TPSA) is 72.5 Å². The first-order chi connectivity index (χ1) is 8.85. The molecule has 1 aliphatic heterocycles. The molecule has 0 amide bonds. The van der Waals surface area contributed by atoms with Crippen LogP contribution >= 0.6 is 0 Å². The number of hydrogen-bond acceptors (Lipinski definition) is 4. The zero-order chi connectivity index (χ0) is 12.8. The van der Waals surface area contributed by atoms with Crippen LogP contribution in [0.5, 0.6) is 0 Å². The monoisotopic (exact) mass is 234 g/mol. The first-order valence-electron chi connectivity index (χ1n) is 5.42. The third kappa shape index (κ3) is 2.45. The van der Waals surface area contributed by atoms with E-state index in [4.69, 9.17) is 5.26 Å². The van der Waals surface area contributed by atoms with Crippen molar-refractivity contribution in [3.63, 3.8) is 0 Å². The molecule has 0 saturated carbocycles. The number of rotatable bonds is 2. The van der Waals surface area contributed by atoms with Crippen molar-refractivity contribution in [3.8, 4) is 12.1 Å².